The molecule has 0 N–H and O–H groups in total. The predicted octanol–water partition coefficient (Wildman–Crippen LogP) is 1.32. The third-order valence-corrected chi connectivity index (χ3v) is 5.40. The lowest BCUT2D eigenvalue weighted by atomic mass is 10.0. The quantitative estimate of drug-likeness (QED) is 0.830. The van der Waals surface area contributed by atoms with Gasteiger partial charge in [-0.15, -0.1) is 0 Å². The summed E-state index contributed by atoms with van der Waals surface area (Å²) < 4.78 is 25.5. The molecule has 2 rings (SSSR count). The molecule has 100 valence electrons. The predicted molar refractivity (Wildman–Crippen MR) is 72.8 cm³/mol. The average Bonchev–Trinajstić information content (AvgIpc) is 2.40. The molecule has 0 aromatic heterocycles. The molecule has 1 aromatic rings. The van der Waals surface area contributed by atoms with Gasteiger partial charge in [-0.2, -0.15) is 4.31 Å². The Morgan fingerprint density at radius 2 is 1.89 bits per heavy atom. The number of sulfonamides is 1. The Bertz CT molecular complexity index is 487. The summed E-state index contributed by atoms with van der Waals surface area (Å²) >= 11 is 0. The van der Waals surface area contributed by atoms with E-state index in [0.29, 0.717) is 13.1 Å². The molecule has 5 heteroatoms. The Hall–Kier alpha value is -0.910. The van der Waals surface area contributed by atoms with Gasteiger partial charge in [0.05, 0.1) is 5.75 Å². The van der Waals surface area contributed by atoms with Gasteiger partial charge in [0, 0.05) is 25.7 Å². The van der Waals surface area contributed by atoms with E-state index in [-0.39, 0.29) is 11.8 Å². The van der Waals surface area contributed by atoms with E-state index in [9.17, 15) is 8.42 Å². The number of piperazine rings is 1. The molecule has 1 aliphatic heterocycles. The SMILES string of the molecule is CCS(=O)(=O)N1CCN(C)[C@H](c2ccccc2)C1. The fourth-order valence-electron chi connectivity index (χ4n) is 2.32. The number of nitrogens with zero attached hydrogens (tertiary/aromatic N) is 2. The molecule has 0 spiro atoms. The minimum atomic E-state index is -3.08. The lowest BCUT2D eigenvalue weighted by molar-refractivity contribution is 0.148. The maximum absolute atomic E-state index is 11.9. The molecule has 0 aliphatic carbocycles. The molecule has 0 radical (unpaired) electrons. The van der Waals surface area contributed by atoms with Crippen LogP contribution in [-0.4, -0.2) is 50.1 Å². The molecular weight excluding hydrogens is 248 g/mol. The maximum Gasteiger partial charge on any atom is 0.213 e. The number of hydrogen-bond acceptors (Lipinski definition) is 3. The summed E-state index contributed by atoms with van der Waals surface area (Å²) in [7, 11) is -1.03. The second kappa shape index (κ2) is 5.38. The van der Waals surface area contributed by atoms with Crippen molar-refractivity contribution in [3.05, 3.63) is 35.9 Å². The van der Waals surface area contributed by atoms with E-state index in [1.54, 1.807) is 11.2 Å². The normalized spacial score (nSPS) is 23.1. The first kappa shape index (κ1) is 13.5. The first-order valence-electron chi connectivity index (χ1n) is 6.27. The van der Waals surface area contributed by atoms with Crippen molar-refractivity contribution in [3.8, 4) is 0 Å². The molecule has 0 bridgehead atoms. The minimum Gasteiger partial charge on any atom is -0.297 e. The Labute approximate surface area is 109 Å². The maximum atomic E-state index is 11.9. The summed E-state index contributed by atoms with van der Waals surface area (Å²) in [6, 6.07) is 10.2. The van der Waals surface area contributed by atoms with Crippen LogP contribution >= 0.6 is 0 Å². The first-order valence-corrected chi connectivity index (χ1v) is 7.88. The van der Waals surface area contributed by atoms with Crippen LogP contribution in [-0.2, 0) is 10.0 Å². The lowest BCUT2D eigenvalue weighted by Gasteiger charge is -2.38. The van der Waals surface area contributed by atoms with Gasteiger partial charge in [0.25, 0.3) is 0 Å². The van der Waals surface area contributed by atoms with E-state index in [1.807, 2.05) is 25.2 Å². The number of likely N-dealkylation sites (N-methyl/N-ethyl adjacent to an activating group) is 1. The van der Waals surface area contributed by atoms with Gasteiger partial charge in [0.2, 0.25) is 10.0 Å². The molecule has 1 aliphatic rings. The standard InChI is InChI=1S/C13H20N2O2S/c1-3-18(16,17)15-10-9-14(2)13(11-15)12-7-5-4-6-8-12/h4-8,13H,3,9-11H2,1-2H3/t13-/m0/s1. The molecule has 1 fully saturated rings. The van der Waals surface area contributed by atoms with E-state index in [1.165, 1.54) is 5.56 Å². The zero-order valence-corrected chi connectivity index (χ0v) is 11.7. The number of rotatable bonds is 3. The molecule has 1 saturated heterocycles. The van der Waals surface area contributed by atoms with Gasteiger partial charge in [-0.3, -0.25) is 4.90 Å². The van der Waals surface area contributed by atoms with Crippen LogP contribution in [0.4, 0.5) is 0 Å². The second-order valence-electron chi connectivity index (χ2n) is 4.67. The summed E-state index contributed by atoms with van der Waals surface area (Å²) in [4.78, 5) is 2.22. The van der Waals surface area contributed by atoms with E-state index in [0.717, 1.165) is 6.54 Å². The van der Waals surface area contributed by atoms with Crippen LogP contribution in [0.15, 0.2) is 30.3 Å². The van der Waals surface area contributed by atoms with Crippen molar-refractivity contribution in [2.24, 2.45) is 0 Å². The van der Waals surface area contributed by atoms with Crippen LogP contribution in [0.5, 0.6) is 0 Å². The van der Waals surface area contributed by atoms with Gasteiger partial charge in [0.1, 0.15) is 0 Å². The summed E-state index contributed by atoms with van der Waals surface area (Å²) in [6.45, 7) is 3.62. The summed E-state index contributed by atoms with van der Waals surface area (Å²) in [5, 5.41) is 0. The van der Waals surface area contributed by atoms with Crippen LogP contribution in [0.2, 0.25) is 0 Å². The van der Waals surface area contributed by atoms with Gasteiger partial charge in [-0.05, 0) is 19.5 Å². The average molecular weight is 268 g/mol. The van der Waals surface area contributed by atoms with Crippen LogP contribution in [0.1, 0.15) is 18.5 Å². The van der Waals surface area contributed by atoms with E-state index in [4.69, 9.17) is 0 Å². The highest BCUT2D eigenvalue weighted by molar-refractivity contribution is 7.89. The smallest absolute Gasteiger partial charge is 0.213 e. The molecular formula is C13H20N2O2S. The molecule has 0 amide bonds. The zero-order valence-electron chi connectivity index (χ0n) is 10.9. The molecule has 1 atom stereocenters. The fourth-order valence-corrected chi connectivity index (χ4v) is 3.41. The van der Waals surface area contributed by atoms with Crippen molar-refractivity contribution in [2.75, 3.05) is 32.4 Å². The third-order valence-electron chi connectivity index (χ3n) is 3.55. The third kappa shape index (κ3) is 2.74. The first-order chi connectivity index (χ1) is 8.54. The topological polar surface area (TPSA) is 40.6 Å². The van der Waals surface area contributed by atoms with Gasteiger partial charge >= 0.3 is 0 Å². The number of hydrogen-bond donors (Lipinski definition) is 0. The molecule has 0 unspecified atom stereocenters. The summed E-state index contributed by atoms with van der Waals surface area (Å²) in [6.07, 6.45) is 0. The van der Waals surface area contributed by atoms with Crippen LogP contribution in [0.3, 0.4) is 0 Å². The van der Waals surface area contributed by atoms with E-state index < -0.39 is 10.0 Å². The van der Waals surface area contributed by atoms with Crippen molar-refractivity contribution >= 4 is 10.0 Å². The Kier molecular flexibility index (Phi) is 4.04. The van der Waals surface area contributed by atoms with Gasteiger partial charge in [-0.25, -0.2) is 8.42 Å². The van der Waals surface area contributed by atoms with Crippen molar-refractivity contribution in [2.45, 2.75) is 13.0 Å². The van der Waals surface area contributed by atoms with Crippen molar-refractivity contribution in [1.29, 1.82) is 0 Å². The van der Waals surface area contributed by atoms with E-state index >= 15 is 0 Å². The van der Waals surface area contributed by atoms with E-state index in [2.05, 4.69) is 17.0 Å². The van der Waals surface area contributed by atoms with Crippen molar-refractivity contribution in [1.82, 2.24) is 9.21 Å². The Morgan fingerprint density at radius 3 is 2.50 bits per heavy atom. The fraction of sp³-hybridized carbons (Fsp3) is 0.538. The molecule has 0 saturated carbocycles. The molecule has 1 heterocycles. The minimum absolute atomic E-state index is 0.154. The summed E-state index contributed by atoms with van der Waals surface area (Å²) in [5.41, 5.74) is 1.18. The van der Waals surface area contributed by atoms with Gasteiger partial charge in [-0.1, -0.05) is 30.3 Å². The van der Waals surface area contributed by atoms with Crippen molar-refractivity contribution in [3.63, 3.8) is 0 Å². The van der Waals surface area contributed by atoms with Crippen LogP contribution in [0.25, 0.3) is 0 Å². The lowest BCUT2D eigenvalue weighted by Crippen LogP contribution is -2.49. The van der Waals surface area contributed by atoms with Crippen LogP contribution < -0.4 is 0 Å². The Balaban J connectivity index is 2.21. The summed E-state index contributed by atoms with van der Waals surface area (Å²) in [5.74, 6) is 0.179. The highest BCUT2D eigenvalue weighted by Gasteiger charge is 2.31. The van der Waals surface area contributed by atoms with Crippen LogP contribution in [0, 0.1) is 0 Å². The van der Waals surface area contributed by atoms with Crippen molar-refractivity contribution < 1.29 is 8.42 Å². The Morgan fingerprint density at radius 1 is 1.22 bits per heavy atom. The van der Waals surface area contributed by atoms with Gasteiger partial charge < -0.3 is 0 Å². The monoisotopic (exact) mass is 268 g/mol. The molecule has 1 aromatic carbocycles. The second-order valence-corrected chi connectivity index (χ2v) is 6.92. The zero-order chi connectivity index (χ0) is 13.2. The van der Waals surface area contributed by atoms with Gasteiger partial charge in [0.15, 0.2) is 0 Å². The molecule has 4 nitrogen and oxygen atoms in total. The highest BCUT2D eigenvalue weighted by Crippen LogP contribution is 2.25. The largest absolute Gasteiger partial charge is 0.297 e. The number of benzene rings is 1. The molecule has 18 heavy (non-hydrogen) atoms. The highest BCUT2D eigenvalue weighted by atomic mass is 32.2.